The Hall–Kier alpha value is -3.72. The first kappa shape index (κ1) is 22.5. The number of amidine groups is 1. The van der Waals surface area contributed by atoms with Crippen LogP contribution in [0.15, 0.2) is 59.1 Å². The number of nitriles is 1. The fourth-order valence-electron chi connectivity index (χ4n) is 4.17. The largest absolute Gasteiger partial charge is 0.338 e. The van der Waals surface area contributed by atoms with Gasteiger partial charge in [0.2, 0.25) is 0 Å². The molecule has 2 aromatic carbocycles. The van der Waals surface area contributed by atoms with Gasteiger partial charge in [-0.2, -0.15) is 5.26 Å². The summed E-state index contributed by atoms with van der Waals surface area (Å²) in [5.74, 6) is -0.230. The Labute approximate surface area is 194 Å². The summed E-state index contributed by atoms with van der Waals surface area (Å²) in [6.07, 6.45) is 2.97. The second kappa shape index (κ2) is 9.03. The lowest BCUT2D eigenvalue weighted by molar-refractivity contribution is -0.127. The number of amides is 2. The molecule has 2 aliphatic heterocycles. The summed E-state index contributed by atoms with van der Waals surface area (Å²) in [6.45, 7) is 7.67. The lowest BCUT2D eigenvalue weighted by Gasteiger charge is -2.26. The smallest absolute Gasteiger partial charge is 0.266 e. The van der Waals surface area contributed by atoms with Crippen LogP contribution in [0.1, 0.15) is 67.1 Å². The molecule has 1 N–H and O–H groups in total. The topological polar surface area (TPSA) is 85.6 Å². The molecule has 0 saturated carbocycles. The average Bonchev–Trinajstić information content (AvgIpc) is 3.17. The maximum absolute atomic E-state index is 13.1. The van der Waals surface area contributed by atoms with E-state index in [1.54, 1.807) is 17.0 Å². The first-order valence-electron chi connectivity index (χ1n) is 11.3. The van der Waals surface area contributed by atoms with Crippen molar-refractivity contribution in [2.24, 2.45) is 4.99 Å². The molecule has 168 valence electrons. The molecular weight excluding hydrogens is 412 g/mol. The SMILES string of the molecule is CC(C)(C)c1ccc(C(=O)NC2=N/C(=C(/C#N)C(=O)N3CCCCC3)c3ccccc32)cc1. The molecule has 1 saturated heterocycles. The third-order valence-electron chi connectivity index (χ3n) is 6.11. The fraction of sp³-hybridized carbons (Fsp3) is 0.333. The Morgan fingerprint density at radius 2 is 1.61 bits per heavy atom. The molecule has 4 rings (SSSR count). The minimum Gasteiger partial charge on any atom is -0.338 e. The minimum absolute atomic E-state index is 0.00221. The molecule has 6 heteroatoms. The molecule has 2 amide bonds. The molecule has 0 unspecified atom stereocenters. The van der Waals surface area contributed by atoms with E-state index in [0.29, 0.717) is 41.3 Å². The number of benzene rings is 2. The van der Waals surface area contributed by atoms with Crippen LogP contribution in [0.25, 0.3) is 5.70 Å². The van der Waals surface area contributed by atoms with Gasteiger partial charge in [0.25, 0.3) is 11.8 Å². The summed E-state index contributed by atoms with van der Waals surface area (Å²) >= 11 is 0. The van der Waals surface area contributed by atoms with E-state index in [9.17, 15) is 14.9 Å². The molecule has 0 aliphatic carbocycles. The van der Waals surface area contributed by atoms with Crippen LogP contribution in [-0.2, 0) is 10.2 Å². The van der Waals surface area contributed by atoms with Crippen molar-refractivity contribution in [2.45, 2.75) is 45.4 Å². The third-order valence-corrected chi connectivity index (χ3v) is 6.11. The lowest BCUT2D eigenvalue weighted by Crippen LogP contribution is -2.36. The van der Waals surface area contributed by atoms with E-state index < -0.39 is 0 Å². The van der Waals surface area contributed by atoms with E-state index in [1.165, 1.54) is 0 Å². The van der Waals surface area contributed by atoms with Gasteiger partial charge in [0, 0.05) is 29.8 Å². The Morgan fingerprint density at radius 3 is 2.21 bits per heavy atom. The van der Waals surface area contributed by atoms with Gasteiger partial charge in [-0.25, -0.2) is 4.99 Å². The molecule has 6 nitrogen and oxygen atoms in total. The van der Waals surface area contributed by atoms with Crippen LogP contribution in [0.3, 0.4) is 0 Å². The molecule has 1 fully saturated rings. The Balaban J connectivity index is 1.65. The molecular formula is C27H28N4O2. The van der Waals surface area contributed by atoms with Gasteiger partial charge in [-0.1, -0.05) is 57.2 Å². The van der Waals surface area contributed by atoms with Crippen molar-refractivity contribution >= 4 is 23.3 Å². The summed E-state index contributed by atoms with van der Waals surface area (Å²) in [6, 6.07) is 16.9. The highest BCUT2D eigenvalue weighted by molar-refractivity contribution is 6.20. The number of hydrogen-bond donors (Lipinski definition) is 1. The van der Waals surface area contributed by atoms with E-state index in [1.807, 2.05) is 36.4 Å². The predicted octanol–water partition coefficient (Wildman–Crippen LogP) is 4.42. The van der Waals surface area contributed by atoms with Crippen molar-refractivity contribution in [2.75, 3.05) is 13.1 Å². The zero-order valence-corrected chi connectivity index (χ0v) is 19.3. The van der Waals surface area contributed by atoms with Crippen LogP contribution in [0.5, 0.6) is 0 Å². The molecule has 0 atom stereocenters. The van der Waals surface area contributed by atoms with E-state index in [4.69, 9.17) is 0 Å². The predicted molar refractivity (Wildman–Crippen MR) is 129 cm³/mol. The van der Waals surface area contributed by atoms with Crippen molar-refractivity contribution in [1.29, 1.82) is 5.26 Å². The monoisotopic (exact) mass is 440 g/mol. The Kier molecular flexibility index (Phi) is 6.15. The molecule has 2 heterocycles. The first-order valence-corrected chi connectivity index (χ1v) is 11.3. The van der Waals surface area contributed by atoms with Crippen molar-refractivity contribution < 1.29 is 9.59 Å². The summed E-state index contributed by atoms with van der Waals surface area (Å²) in [7, 11) is 0. The van der Waals surface area contributed by atoms with E-state index in [2.05, 4.69) is 37.1 Å². The Bertz CT molecular complexity index is 1190. The number of carbonyl (C=O) groups excluding carboxylic acids is 2. The van der Waals surface area contributed by atoms with Crippen LogP contribution < -0.4 is 5.32 Å². The number of carbonyl (C=O) groups is 2. The van der Waals surface area contributed by atoms with Gasteiger partial charge in [0.1, 0.15) is 17.5 Å². The van der Waals surface area contributed by atoms with Crippen LogP contribution in [-0.4, -0.2) is 35.6 Å². The van der Waals surface area contributed by atoms with E-state index in [-0.39, 0.29) is 22.8 Å². The highest BCUT2D eigenvalue weighted by Gasteiger charge is 2.30. The van der Waals surface area contributed by atoms with Gasteiger partial charge in [-0.05, 0) is 42.4 Å². The number of fused-ring (bicyclic) bond motifs is 1. The number of nitrogens with zero attached hydrogens (tertiary/aromatic N) is 3. The molecule has 0 bridgehead atoms. The second-order valence-electron chi connectivity index (χ2n) is 9.48. The number of rotatable bonds is 2. The number of aliphatic imine (C=N–C) groups is 1. The highest BCUT2D eigenvalue weighted by Crippen LogP contribution is 2.31. The number of nitrogens with one attached hydrogen (secondary N) is 1. The summed E-state index contributed by atoms with van der Waals surface area (Å²) in [5, 5.41) is 12.7. The zero-order chi connectivity index (χ0) is 23.6. The quantitative estimate of drug-likeness (QED) is 0.554. The standard InChI is InChI=1S/C27H28N4O2/c1-27(2,3)19-13-11-18(12-14-19)25(32)30-24-21-10-6-5-9-20(21)23(29-24)22(17-28)26(33)31-15-7-4-8-16-31/h5-6,9-14H,4,7-8,15-16H2,1-3H3,(H,29,30,32)/b23-22-. The van der Waals surface area contributed by atoms with Crippen LogP contribution >= 0.6 is 0 Å². The number of piperidine rings is 1. The molecule has 2 aromatic rings. The van der Waals surface area contributed by atoms with E-state index >= 15 is 0 Å². The Morgan fingerprint density at radius 1 is 0.970 bits per heavy atom. The van der Waals surface area contributed by atoms with E-state index in [0.717, 1.165) is 24.8 Å². The van der Waals surface area contributed by atoms with Crippen LogP contribution in [0.2, 0.25) is 0 Å². The van der Waals surface area contributed by atoms with Gasteiger partial charge in [0.15, 0.2) is 0 Å². The number of likely N-dealkylation sites (tertiary alicyclic amines) is 1. The lowest BCUT2D eigenvalue weighted by atomic mass is 9.87. The normalized spacial score (nSPS) is 17.0. The maximum Gasteiger partial charge on any atom is 0.266 e. The van der Waals surface area contributed by atoms with Gasteiger partial charge in [0.05, 0.1) is 5.70 Å². The van der Waals surface area contributed by atoms with Gasteiger partial charge in [-0.15, -0.1) is 0 Å². The van der Waals surface area contributed by atoms with Crippen LogP contribution in [0.4, 0.5) is 0 Å². The van der Waals surface area contributed by atoms with Crippen molar-refractivity contribution in [3.8, 4) is 6.07 Å². The van der Waals surface area contributed by atoms with Gasteiger partial charge < -0.3 is 10.2 Å². The highest BCUT2D eigenvalue weighted by atomic mass is 16.2. The fourth-order valence-corrected chi connectivity index (χ4v) is 4.17. The van der Waals surface area contributed by atoms with Crippen LogP contribution in [0, 0.1) is 11.3 Å². The number of hydrogen-bond acceptors (Lipinski definition) is 4. The molecule has 2 aliphatic rings. The summed E-state index contributed by atoms with van der Waals surface area (Å²) in [4.78, 5) is 32.3. The van der Waals surface area contributed by atoms with Crippen molar-refractivity contribution in [3.63, 3.8) is 0 Å². The average molecular weight is 441 g/mol. The minimum atomic E-state index is -0.295. The molecule has 33 heavy (non-hydrogen) atoms. The maximum atomic E-state index is 13.1. The summed E-state index contributed by atoms with van der Waals surface area (Å²) < 4.78 is 0. The summed E-state index contributed by atoms with van der Waals surface area (Å²) in [5.41, 5.74) is 3.38. The molecule has 0 spiro atoms. The molecule has 0 aromatic heterocycles. The zero-order valence-electron chi connectivity index (χ0n) is 19.3. The third kappa shape index (κ3) is 4.58. The molecule has 0 radical (unpaired) electrons. The van der Waals surface area contributed by atoms with Gasteiger partial charge in [-0.3, -0.25) is 9.59 Å². The van der Waals surface area contributed by atoms with Crippen molar-refractivity contribution in [1.82, 2.24) is 10.2 Å². The second-order valence-corrected chi connectivity index (χ2v) is 9.48. The van der Waals surface area contributed by atoms with Gasteiger partial charge >= 0.3 is 0 Å². The first-order chi connectivity index (χ1) is 15.8. The van der Waals surface area contributed by atoms with Crippen molar-refractivity contribution in [3.05, 3.63) is 76.4 Å².